The molecule has 0 saturated heterocycles. The molecule has 1 atom stereocenters. The van der Waals surface area contributed by atoms with Gasteiger partial charge in [0.25, 0.3) is 0 Å². The van der Waals surface area contributed by atoms with Crippen LogP contribution in [0.2, 0.25) is 0 Å². The Bertz CT molecular complexity index is 1000. The van der Waals surface area contributed by atoms with Crippen LogP contribution in [0.1, 0.15) is 44.6 Å². The molecule has 0 aliphatic heterocycles. The zero-order chi connectivity index (χ0) is 20.9. The standard InChI is InChI=1S/C21H26N4O4/c1-21(2,3)29-20(27)22-16(11-13-28-14-15-8-5-4-6-9-15)18-23-17-10-7-12-25(17)19(26)24-18/h4-10,12,16H,11,13-14H2,1-3H3,(H,22,27)(H,23,24,26). The molecule has 2 heterocycles. The number of benzene rings is 1. The Morgan fingerprint density at radius 2 is 1.97 bits per heavy atom. The van der Waals surface area contributed by atoms with Gasteiger partial charge in [-0.1, -0.05) is 30.3 Å². The largest absolute Gasteiger partial charge is 0.444 e. The maximum absolute atomic E-state index is 12.3. The Kier molecular flexibility index (Phi) is 6.33. The number of fused-ring (bicyclic) bond motifs is 1. The summed E-state index contributed by atoms with van der Waals surface area (Å²) in [6, 6.07) is 12.7. The molecule has 154 valence electrons. The van der Waals surface area contributed by atoms with Crippen molar-refractivity contribution >= 4 is 11.7 Å². The highest BCUT2D eigenvalue weighted by Crippen LogP contribution is 2.15. The van der Waals surface area contributed by atoms with E-state index in [9.17, 15) is 9.59 Å². The molecule has 2 N–H and O–H groups in total. The van der Waals surface area contributed by atoms with E-state index in [-0.39, 0.29) is 5.69 Å². The average molecular weight is 398 g/mol. The van der Waals surface area contributed by atoms with Gasteiger partial charge in [-0.2, -0.15) is 0 Å². The van der Waals surface area contributed by atoms with Crippen molar-refractivity contribution < 1.29 is 14.3 Å². The molecular formula is C21H26N4O4. The van der Waals surface area contributed by atoms with Crippen LogP contribution in [0, 0.1) is 0 Å². The molecule has 0 bridgehead atoms. The lowest BCUT2D eigenvalue weighted by Crippen LogP contribution is -2.37. The molecule has 1 amide bonds. The van der Waals surface area contributed by atoms with E-state index in [0.717, 1.165) is 5.56 Å². The van der Waals surface area contributed by atoms with Gasteiger partial charge in [0, 0.05) is 12.8 Å². The summed E-state index contributed by atoms with van der Waals surface area (Å²) in [4.78, 5) is 31.8. The van der Waals surface area contributed by atoms with Crippen molar-refractivity contribution in [2.24, 2.45) is 0 Å². The summed E-state index contributed by atoms with van der Waals surface area (Å²) < 4.78 is 12.5. The van der Waals surface area contributed by atoms with E-state index in [4.69, 9.17) is 9.47 Å². The van der Waals surface area contributed by atoms with Crippen LogP contribution in [-0.2, 0) is 16.1 Å². The minimum absolute atomic E-state index is 0.323. The maximum atomic E-state index is 12.3. The Labute approximate surface area is 168 Å². The van der Waals surface area contributed by atoms with Crippen LogP contribution in [0.3, 0.4) is 0 Å². The molecule has 0 fully saturated rings. The van der Waals surface area contributed by atoms with E-state index in [1.165, 1.54) is 4.40 Å². The first-order valence-electron chi connectivity index (χ1n) is 9.50. The summed E-state index contributed by atoms with van der Waals surface area (Å²) in [5.41, 5.74) is 0.608. The molecule has 1 unspecified atom stereocenters. The summed E-state index contributed by atoms with van der Waals surface area (Å²) in [6.07, 6.45) is 1.47. The van der Waals surface area contributed by atoms with Gasteiger partial charge in [-0.05, 0) is 44.9 Å². The van der Waals surface area contributed by atoms with Crippen molar-refractivity contribution in [1.29, 1.82) is 0 Å². The number of rotatable bonds is 7. The van der Waals surface area contributed by atoms with Crippen LogP contribution in [0.15, 0.2) is 53.5 Å². The van der Waals surface area contributed by atoms with Crippen molar-refractivity contribution in [2.45, 2.75) is 45.4 Å². The Hall–Kier alpha value is -3.13. The number of nitrogens with zero attached hydrogens (tertiary/aromatic N) is 2. The lowest BCUT2D eigenvalue weighted by molar-refractivity contribution is 0.0478. The summed E-state index contributed by atoms with van der Waals surface area (Å²) in [6.45, 7) is 6.19. The van der Waals surface area contributed by atoms with Gasteiger partial charge in [0.1, 0.15) is 17.1 Å². The van der Waals surface area contributed by atoms with E-state index < -0.39 is 17.7 Å². The number of hydrogen-bond donors (Lipinski definition) is 2. The third kappa shape index (κ3) is 5.92. The van der Waals surface area contributed by atoms with Gasteiger partial charge < -0.3 is 14.8 Å². The number of aromatic amines is 1. The summed E-state index contributed by atoms with van der Waals surface area (Å²) in [5, 5.41) is 2.79. The van der Waals surface area contributed by atoms with Crippen LogP contribution < -0.4 is 11.0 Å². The maximum Gasteiger partial charge on any atom is 0.408 e. The Morgan fingerprint density at radius 1 is 1.21 bits per heavy atom. The zero-order valence-corrected chi connectivity index (χ0v) is 16.8. The molecule has 0 radical (unpaired) electrons. The van der Waals surface area contributed by atoms with Crippen molar-refractivity contribution in [2.75, 3.05) is 6.61 Å². The number of nitrogens with one attached hydrogen (secondary N) is 2. The molecule has 0 aliphatic carbocycles. The number of carbonyl (C=O) groups excluding carboxylic acids is 1. The van der Waals surface area contributed by atoms with E-state index in [0.29, 0.717) is 31.1 Å². The van der Waals surface area contributed by atoms with Crippen molar-refractivity contribution in [3.05, 3.63) is 70.5 Å². The molecule has 3 rings (SSSR count). The SMILES string of the molecule is CC(C)(C)OC(=O)NC(CCOCc1ccccc1)c1nc2cccn2c(=O)[nH]1. The average Bonchev–Trinajstić information content (AvgIpc) is 3.13. The van der Waals surface area contributed by atoms with Crippen LogP contribution in [0.25, 0.3) is 5.65 Å². The fraction of sp³-hybridized carbons (Fsp3) is 0.381. The summed E-state index contributed by atoms with van der Waals surface area (Å²) in [7, 11) is 0. The number of hydrogen-bond acceptors (Lipinski definition) is 5. The highest BCUT2D eigenvalue weighted by atomic mass is 16.6. The van der Waals surface area contributed by atoms with Crippen molar-refractivity contribution in [1.82, 2.24) is 19.7 Å². The smallest absolute Gasteiger partial charge is 0.408 e. The third-order valence-electron chi connectivity index (χ3n) is 4.10. The van der Waals surface area contributed by atoms with Gasteiger partial charge in [-0.15, -0.1) is 0 Å². The van der Waals surface area contributed by atoms with Crippen LogP contribution in [0.5, 0.6) is 0 Å². The zero-order valence-electron chi connectivity index (χ0n) is 16.8. The number of carbonyl (C=O) groups is 1. The number of H-pyrrole nitrogens is 1. The molecule has 0 saturated carbocycles. The summed E-state index contributed by atoms with van der Waals surface area (Å²) in [5.74, 6) is 0.357. The lowest BCUT2D eigenvalue weighted by atomic mass is 10.2. The monoisotopic (exact) mass is 398 g/mol. The second kappa shape index (κ2) is 8.91. The van der Waals surface area contributed by atoms with Crippen LogP contribution >= 0.6 is 0 Å². The van der Waals surface area contributed by atoms with Crippen molar-refractivity contribution in [3.63, 3.8) is 0 Å². The number of amides is 1. The highest BCUT2D eigenvalue weighted by Gasteiger charge is 2.22. The van der Waals surface area contributed by atoms with Crippen LogP contribution in [-0.4, -0.2) is 32.7 Å². The first kappa shape index (κ1) is 20.6. The molecule has 3 aromatic rings. The molecule has 2 aromatic heterocycles. The second-order valence-electron chi connectivity index (χ2n) is 7.69. The molecule has 8 heteroatoms. The van der Waals surface area contributed by atoms with Gasteiger partial charge in [-0.3, -0.25) is 9.38 Å². The quantitative estimate of drug-likeness (QED) is 0.596. The Morgan fingerprint density at radius 3 is 2.69 bits per heavy atom. The van der Waals surface area contributed by atoms with Gasteiger partial charge in [0.2, 0.25) is 0 Å². The van der Waals surface area contributed by atoms with E-state index in [1.54, 1.807) is 39.1 Å². The first-order valence-corrected chi connectivity index (χ1v) is 9.50. The lowest BCUT2D eigenvalue weighted by Gasteiger charge is -2.23. The fourth-order valence-corrected chi connectivity index (χ4v) is 2.81. The van der Waals surface area contributed by atoms with E-state index >= 15 is 0 Å². The Balaban J connectivity index is 1.71. The molecule has 0 spiro atoms. The number of alkyl carbamates (subject to hydrolysis) is 1. The normalized spacial score (nSPS) is 12.7. The second-order valence-corrected chi connectivity index (χ2v) is 7.69. The van der Waals surface area contributed by atoms with Gasteiger partial charge in [0.05, 0.1) is 12.6 Å². The van der Waals surface area contributed by atoms with Gasteiger partial charge >= 0.3 is 11.8 Å². The van der Waals surface area contributed by atoms with E-state index in [2.05, 4.69) is 15.3 Å². The molecule has 0 aliphatic rings. The number of aromatic nitrogens is 3. The van der Waals surface area contributed by atoms with Crippen molar-refractivity contribution in [3.8, 4) is 0 Å². The molecular weight excluding hydrogens is 372 g/mol. The number of ether oxygens (including phenoxy) is 2. The van der Waals surface area contributed by atoms with Gasteiger partial charge in [0.15, 0.2) is 0 Å². The predicted molar refractivity (Wildman–Crippen MR) is 109 cm³/mol. The third-order valence-corrected chi connectivity index (χ3v) is 4.10. The fourth-order valence-electron chi connectivity index (χ4n) is 2.81. The summed E-state index contributed by atoms with van der Waals surface area (Å²) >= 11 is 0. The molecule has 29 heavy (non-hydrogen) atoms. The topological polar surface area (TPSA) is 97.7 Å². The highest BCUT2D eigenvalue weighted by molar-refractivity contribution is 5.68. The van der Waals surface area contributed by atoms with E-state index in [1.807, 2.05) is 30.3 Å². The van der Waals surface area contributed by atoms with Gasteiger partial charge in [-0.25, -0.2) is 14.6 Å². The predicted octanol–water partition coefficient (Wildman–Crippen LogP) is 3.20. The first-order chi connectivity index (χ1) is 13.8. The minimum Gasteiger partial charge on any atom is -0.444 e. The molecule has 1 aromatic carbocycles. The molecule has 8 nitrogen and oxygen atoms in total. The minimum atomic E-state index is -0.634. The van der Waals surface area contributed by atoms with Crippen LogP contribution in [0.4, 0.5) is 4.79 Å².